The van der Waals surface area contributed by atoms with E-state index in [4.69, 9.17) is 0 Å². The molecule has 0 bridgehead atoms. The molecule has 0 aromatic carbocycles. The third-order valence-electron chi connectivity index (χ3n) is 3.47. The molecule has 0 spiro atoms. The third kappa shape index (κ3) is 6.71. The molecule has 0 aliphatic heterocycles. The lowest BCUT2D eigenvalue weighted by molar-refractivity contribution is -0.124. The largest absolute Gasteiger partial charge is 0.354 e. The minimum Gasteiger partial charge on any atom is -0.354 e. The Morgan fingerprint density at radius 3 is 2.43 bits per heavy atom. The second-order valence-electron chi connectivity index (χ2n) is 7.29. The lowest BCUT2D eigenvalue weighted by Gasteiger charge is -2.30. The number of rotatable bonds is 8. The van der Waals surface area contributed by atoms with E-state index in [2.05, 4.69) is 29.4 Å². The predicted molar refractivity (Wildman–Crippen MR) is 95.8 cm³/mol. The van der Waals surface area contributed by atoms with Crippen molar-refractivity contribution < 1.29 is 9.59 Å². The fourth-order valence-electron chi connectivity index (χ4n) is 2.50. The van der Waals surface area contributed by atoms with E-state index in [1.54, 1.807) is 6.07 Å². The molecule has 1 aromatic heterocycles. The van der Waals surface area contributed by atoms with Gasteiger partial charge in [0, 0.05) is 13.1 Å². The molecule has 1 aromatic rings. The van der Waals surface area contributed by atoms with Crippen LogP contribution in [0.5, 0.6) is 0 Å². The molecular weight excluding hydrogens is 310 g/mol. The Balaban J connectivity index is 2.63. The van der Waals surface area contributed by atoms with E-state index in [1.807, 2.05) is 39.4 Å². The summed E-state index contributed by atoms with van der Waals surface area (Å²) in [6.45, 7) is 9.54. The van der Waals surface area contributed by atoms with Gasteiger partial charge >= 0.3 is 0 Å². The molecule has 1 rings (SSSR count). The van der Waals surface area contributed by atoms with Crippen molar-refractivity contribution in [3.8, 4) is 0 Å². The summed E-state index contributed by atoms with van der Waals surface area (Å²) in [4.78, 5) is 27.4. The molecule has 0 aliphatic rings. The summed E-state index contributed by atoms with van der Waals surface area (Å²) in [6, 6.07) is 3.06. The monoisotopic (exact) mass is 339 g/mol. The fourth-order valence-corrected chi connectivity index (χ4v) is 3.13. The van der Waals surface area contributed by atoms with Crippen LogP contribution < -0.4 is 10.6 Å². The van der Waals surface area contributed by atoms with Crippen LogP contribution in [0.1, 0.15) is 37.4 Å². The summed E-state index contributed by atoms with van der Waals surface area (Å²) in [5.74, 6) is -0.297. The second-order valence-corrected chi connectivity index (χ2v) is 8.24. The van der Waals surface area contributed by atoms with Crippen molar-refractivity contribution >= 4 is 23.2 Å². The minimum absolute atomic E-state index is 0.0240. The Morgan fingerprint density at radius 1 is 1.30 bits per heavy atom. The minimum atomic E-state index is -0.528. The number of thiophene rings is 1. The predicted octanol–water partition coefficient (Wildman–Crippen LogP) is 2.21. The number of carbonyl (C=O) groups is 2. The smallest absolute Gasteiger partial charge is 0.262 e. The second kappa shape index (κ2) is 8.45. The van der Waals surface area contributed by atoms with Crippen molar-refractivity contribution in [3.63, 3.8) is 0 Å². The first-order chi connectivity index (χ1) is 10.6. The fraction of sp³-hybridized carbons (Fsp3) is 0.647. The molecule has 0 fully saturated rings. The van der Waals surface area contributed by atoms with Crippen molar-refractivity contribution in [2.45, 2.75) is 33.7 Å². The maximum absolute atomic E-state index is 12.5. The van der Waals surface area contributed by atoms with Gasteiger partial charge in [-0.15, -0.1) is 11.3 Å². The van der Waals surface area contributed by atoms with Crippen LogP contribution in [-0.4, -0.2) is 49.9 Å². The van der Waals surface area contributed by atoms with Crippen LogP contribution >= 0.6 is 11.3 Å². The first-order valence-corrected chi connectivity index (χ1v) is 8.77. The molecule has 2 amide bonds. The van der Waals surface area contributed by atoms with E-state index in [-0.39, 0.29) is 23.1 Å². The molecule has 1 atom stereocenters. The van der Waals surface area contributed by atoms with E-state index in [9.17, 15) is 9.59 Å². The zero-order valence-corrected chi connectivity index (χ0v) is 15.8. The van der Waals surface area contributed by atoms with Crippen molar-refractivity contribution in [2.24, 2.45) is 11.3 Å². The van der Waals surface area contributed by atoms with Gasteiger partial charge in [-0.05, 0) is 36.9 Å². The summed E-state index contributed by atoms with van der Waals surface area (Å²) in [6.07, 6.45) is 0. The zero-order chi connectivity index (χ0) is 17.6. The molecule has 1 unspecified atom stereocenters. The number of hydrogen-bond donors (Lipinski definition) is 2. The number of amides is 2. The first-order valence-electron chi connectivity index (χ1n) is 7.89. The summed E-state index contributed by atoms with van der Waals surface area (Å²) >= 11 is 1.37. The molecule has 2 N–H and O–H groups in total. The normalized spacial score (nSPS) is 13.2. The number of hydrogen-bond acceptors (Lipinski definition) is 4. The molecule has 0 aliphatic carbocycles. The quantitative estimate of drug-likeness (QED) is 0.763. The lowest BCUT2D eigenvalue weighted by atomic mass is 9.92. The highest BCUT2D eigenvalue weighted by molar-refractivity contribution is 7.12. The summed E-state index contributed by atoms with van der Waals surface area (Å²) in [7, 11) is 4.03. The van der Waals surface area contributed by atoms with E-state index in [0.717, 1.165) is 6.54 Å². The molecule has 23 heavy (non-hydrogen) atoms. The van der Waals surface area contributed by atoms with Crippen molar-refractivity contribution in [1.29, 1.82) is 0 Å². The van der Waals surface area contributed by atoms with Crippen LogP contribution in [0.25, 0.3) is 0 Å². The SMILES string of the molecule is CC(C)C(NC(=O)c1cccs1)C(=O)NCC(C)(C)CN(C)C. The van der Waals surface area contributed by atoms with Crippen LogP contribution in [0.15, 0.2) is 17.5 Å². The highest BCUT2D eigenvalue weighted by Gasteiger charge is 2.27. The Labute approximate surface area is 143 Å². The van der Waals surface area contributed by atoms with E-state index >= 15 is 0 Å². The van der Waals surface area contributed by atoms with E-state index < -0.39 is 6.04 Å². The molecule has 0 saturated heterocycles. The van der Waals surface area contributed by atoms with E-state index in [0.29, 0.717) is 11.4 Å². The Morgan fingerprint density at radius 2 is 1.96 bits per heavy atom. The van der Waals surface area contributed by atoms with Crippen molar-refractivity contribution in [2.75, 3.05) is 27.2 Å². The van der Waals surface area contributed by atoms with Crippen LogP contribution in [0, 0.1) is 11.3 Å². The maximum Gasteiger partial charge on any atom is 0.262 e. The summed E-state index contributed by atoms with van der Waals surface area (Å²) in [5, 5.41) is 7.68. The van der Waals surface area contributed by atoms with Crippen LogP contribution in [-0.2, 0) is 4.79 Å². The van der Waals surface area contributed by atoms with Crippen molar-refractivity contribution in [3.05, 3.63) is 22.4 Å². The lowest BCUT2D eigenvalue weighted by Crippen LogP contribution is -2.51. The average molecular weight is 340 g/mol. The highest BCUT2D eigenvalue weighted by atomic mass is 32.1. The van der Waals surface area contributed by atoms with Gasteiger partial charge in [-0.3, -0.25) is 9.59 Å². The number of carbonyl (C=O) groups excluding carboxylic acids is 2. The van der Waals surface area contributed by atoms with Gasteiger partial charge in [0.05, 0.1) is 4.88 Å². The molecule has 5 nitrogen and oxygen atoms in total. The summed E-state index contributed by atoms with van der Waals surface area (Å²) in [5.41, 5.74) is -0.0293. The average Bonchev–Trinajstić information content (AvgIpc) is 2.94. The van der Waals surface area contributed by atoms with Gasteiger partial charge in [0.2, 0.25) is 5.91 Å². The highest BCUT2D eigenvalue weighted by Crippen LogP contribution is 2.15. The van der Waals surface area contributed by atoms with Gasteiger partial charge in [-0.25, -0.2) is 0 Å². The van der Waals surface area contributed by atoms with Crippen molar-refractivity contribution in [1.82, 2.24) is 15.5 Å². The van der Waals surface area contributed by atoms with E-state index in [1.165, 1.54) is 11.3 Å². The van der Waals surface area contributed by atoms with Gasteiger partial charge < -0.3 is 15.5 Å². The van der Waals surface area contributed by atoms with Gasteiger partial charge in [-0.1, -0.05) is 33.8 Å². The molecule has 130 valence electrons. The molecular formula is C17H29N3O2S. The number of nitrogens with one attached hydrogen (secondary N) is 2. The Kier molecular flexibility index (Phi) is 7.22. The van der Waals surface area contributed by atoms with Gasteiger partial charge in [-0.2, -0.15) is 0 Å². The zero-order valence-electron chi connectivity index (χ0n) is 15.0. The number of nitrogens with zero attached hydrogens (tertiary/aromatic N) is 1. The van der Waals surface area contributed by atoms with Crippen LogP contribution in [0.2, 0.25) is 0 Å². The van der Waals surface area contributed by atoms with Gasteiger partial charge in [0.15, 0.2) is 0 Å². The molecule has 0 saturated carbocycles. The molecule has 6 heteroatoms. The first kappa shape index (κ1) is 19.6. The molecule has 1 heterocycles. The standard InChI is InChI=1S/C17H29N3O2S/c1-12(2)14(19-15(21)13-8-7-9-23-13)16(22)18-10-17(3,4)11-20(5)6/h7-9,12,14H,10-11H2,1-6H3,(H,18,22)(H,19,21). The Hall–Kier alpha value is -1.40. The summed E-state index contributed by atoms with van der Waals surface area (Å²) < 4.78 is 0. The van der Waals surface area contributed by atoms with Crippen LogP contribution in [0.3, 0.4) is 0 Å². The topological polar surface area (TPSA) is 61.4 Å². The van der Waals surface area contributed by atoms with Gasteiger partial charge in [0.1, 0.15) is 6.04 Å². The van der Waals surface area contributed by atoms with Crippen LogP contribution in [0.4, 0.5) is 0 Å². The van der Waals surface area contributed by atoms with Gasteiger partial charge in [0.25, 0.3) is 5.91 Å². The molecule has 0 radical (unpaired) electrons. The Bertz CT molecular complexity index is 510. The maximum atomic E-state index is 12.5. The third-order valence-corrected chi connectivity index (χ3v) is 4.33.